The molecule has 5 nitrogen and oxygen atoms in total. The Morgan fingerprint density at radius 1 is 0.784 bits per heavy atom. The lowest BCUT2D eigenvalue weighted by atomic mass is 10.0. The molecule has 0 bridgehead atoms. The molecule has 180 valence electrons. The molecule has 0 unspecified atom stereocenters. The monoisotopic (exact) mass is 524 g/mol. The molecule has 0 radical (unpaired) electrons. The van der Waals surface area contributed by atoms with Crippen LogP contribution in [0.3, 0.4) is 0 Å². The highest BCUT2D eigenvalue weighted by Crippen LogP contribution is 2.39. The van der Waals surface area contributed by atoms with Gasteiger partial charge in [0.1, 0.15) is 11.5 Å². The van der Waals surface area contributed by atoms with Crippen LogP contribution in [0.2, 0.25) is 10.0 Å². The number of fused-ring (bicyclic) bond motifs is 2. The van der Waals surface area contributed by atoms with Crippen molar-refractivity contribution in [1.29, 1.82) is 0 Å². The second-order valence-electron chi connectivity index (χ2n) is 8.31. The molecule has 0 fully saturated rings. The molecule has 5 aromatic carbocycles. The highest BCUT2D eigenvalue weighted by molar-refractivity contribution is 6.37. The van der Waals surface area contributed by atoms with Gasteiger partial charge in [-0.1, -0.05) is 89.9 Å². The minimum Gasteiger partial charge on any atom is -0.479 e. The van der Waals surface area contributed by atoms with Crippen LogP contribution in [-0.4, -0.2) is 16.3 Å². The zero-order valence-electron chi connectivity index (χ0n) is 19.2. The van der Waals surface area contributed by atoms with Crippen molar-refractivity contribution < 1.29 is 14.3 Å². The number of rotatable bonds is 5. The first-order valence-electron chi connectivity index (χ1n) is 11.4. The maximum Gasteiger partial charge on any atom is 0.312 e. The van der Waals surface area contributed by atoms with Crippen molar-refractivity contribution in [3.05, 3.63) is 113 Å². The Morgan fingerprint density at radius 2 is 1.49 bits per heavy atom. The topological polar surface area (TPSA) is 67.9 Å². The van der Waals surface area contributed by atoms with E-state index in [0.29, 0.717) is 33.1 Å². The summed E-state index contributed by atoms with van der Waals surface area (Å²) in [6.07, 6.45) is 1.43. The number of aromatic hydroxyl groups is 1. The molecule has 0 spiro atoms. The summed E-state index contributed by atoms with van der Waals surface area (Å²) in [5.74, 6) is 0.945. The summed E-state index contributed by atoms with van der Waals surface area (Å²) in [4.78, 5) is 8.84. The predicted molar refractivity (Wildman–Crippen MR) is 149 cm³/mol. The standard InChI is InChI=1S/C30H18Cl2N2O3/c31-24-16-20(13-15-26(24)36-27-14-12-19-7-2-4-10-22(19)28(27)32)33-17-25-30(35)37-29(34-25)23-11-5-8-18-6-1-3-9-21(18)23/h1-17,35H. The summed E-state index contributed by atoms with van der Waals surface area (Å²) < 4.78 is 11.5. The van der Waals surface area contributed by atoms with Gasteiger partial charge < -0.3 is 14.3 Å². The summed E-state index contributed by atoms with van der Waals surface area (Å²) in [5.41, 5.74) is 1.54. The first-order chi connectivity index (χ1) is 18.1. The van der Waals surface area contributed by atoms with Gasteiger partial charge in [-0.2, -0.15) is 0 Å². The van der Waals surface area contributed by atoms with Gasteiger partial charge in [0, 0.05) is 10.9 Å². The van der Waals surface area contributed by atoms with Crippen molar-refractivity contribution in [3.8, 4) is 28.9 Å². The third kappa shape index (κ3) is 4.51. The van der Waals surface area contributed by atoms with E-state index in [1.54, 1.807) is 18.2 Å². The quantitative estimate of drug-likeness (QED) is 0.228. The van der Waals surface area contributed by atoms with Gasteiger partial charge in [0.2, 0.25) is 5.89 Å². The number of hydrogen-bond donors (Lipinski definition) is 1. The Balaban J connectivity index is 1.24. The number of ether oxygens (including phenoxy) is 1. The van der Waals surface area contributed by atoms with Crippen molar-refractivity contribution in [3.63, 3.8) is 0 Å². The first kappa shape index (κ1) is 23.1. The molecule has 1 aromatic heterocycles. The molecule has 0 saturated carbocycles. The minimum absolute atomic E-state index is 0.210. The molecule has 6 rings (SSSR count). The van der Waals surface area contributed by atoms with Crippen LogP contribution in [0.5, 0.6) is 17.4 Å². The summed E-state index contributed by atoms with van der Waals surface area (Å²) >= 11 is 13.0. The van der Waals surface area contributed by atoms with E-state index in [0.717, 1.165) is 27.1 Å². The highest BCUT2D eigenvalue weighted by atomic mass is 35.5. The van der Waals surface area contributed by atoms with E-state index in [9.17, 15) is 5.11 Å². The van der Waals surface area contributed by atoms with Crippen molar-refractivity contribution >= 4 is 56.6 Å². The largest absolute Gasteiger partial charge is 0.479 e. The Morgan fingerprint density at radius 3 is 2.30 bits per heavy atom. The normalized spacial score (nSPS) is 11.5. The van der Waals surface area contributed by atoms with Gasteiger partial charge in [-0.05, 0) is 46.5 Å². The van der Waals surface area contributed by atoms with E-state index in [1.807, 2.05) is 78.9 Å². The molecule has 1 N–H and O–H groups in total. The van der Waals surface area contributed by atoms with E-state index in [2.05, 4.69) is 9.98 Å². The van der Waals surface area contributed by atoms with Gasteiger partial charge in [0.25, 0.3) is 0 Å². The Labute approximate surface area is 222 Å². The number of aromatic nitrogens is 1. The number of oxazole rings is 1. The number of aliphatic imine (C=N–C) groups is 1. The van der Waals surface area contributed by atoms with Crippen LogP contribution in [0.15, 0.2) is 106 Å². The van der Waals surface area contributed by atoms with Crippen molar-refractivity contribution in [2.24, 2.45) is 4.99 Å². The van der Waals surface area contributed by atoms with Crippen LogP contribution >= 0.6 is 23.2 Å². The van der Waals surface area contributed by atoms with Crippen molar-refractivity contribution in [2.75, 3.05) is 0 Å². The Kier molecular flexibility index (Phi) is 6.01. The van der Waals surface area contributed by atoms with E-state index in [-0.39, 0.29) is 11.6 Å². The fourth-order valence-electron chi connectivity index (χ4n) is 4.13. The number of halogens is 2. The summed E-state index contributed by atoms with van der Waals surface area (Å²) in [5, 5.41) is 15.1. The van der Waals surface area contributed by atoms with Crippen LogP contribution in [0, 0.1) is 0 Å². The summed E-state index contributed by atoms with van der Waals surface area (Å²) in [6, 6.07) is 30.4. The minimum atomic E-state index is -0.316. The lowest BCUT2D eigenvalue weighted by molar-refractivity contribution is 0.337. The first-order valence-corrected chi connectivity index (χ1v) is 12.2. The predicted octanol–water partition coefficient (Wildman–Crippen LogP) is 9.20. The maximum atomic E-state index is 10.3. The van der Waals surface area contributed by atoms with Crippen LogP contribution in [0.1, 0.15) is 5.69 Å². The second kappa shape index (κ2) is 9.62. The lowest BCUT2D eigenvalue weighted by Crippen LogP contribution is -1.88. The van der Waals surface area contributed by atoms with Gasteiger partial charge in [0.05, 0.1) is 21.9 Å². The molecule has 0 aliphatic rings. The van der Waals surface area contributed by atoms with E-state index < -0.39 is 0 Å². The molecule has 1 heterocycles. The summed E-state index contributed by atoms with van der Waals surface area (Å²) in [7, 11) is 0. The van der Waals surface area contributed by atoms with Crippen LogP contribution in [-0.2, 0) is 0 Å². The van der Waals surface area contributed by atoms with Gasteiger partial charge in [-0.25, -0.2) is 4.98 Å². The second-order valence-corrected chi connectivity index (χ2v) is 9.10. The Bertz CT molecular complexity index is 1810. The van der Waals surface area contributed by atoms with E-state index >= 15 is 0 Å². The molecular formula is C30H18Cl2N2O3. The molecule has 6 aromatic rings. The third-order valence-corrected chi connectivity index (χ3v) is 6.64. The third-order valence-electron chi connectivity index (χ3n) is 5.95. The van der Waals surface area contributed by atoms with Gasteiger partial charge in [-0.15, -0.1) is 0 Å². The molecular weight excluding hydrogens is 507 g/mol. The van der Waals surface area contributed by atoms with E-state index in [4.69, 9.17) is 32.4 Å². The molecule has 37 heavy (non-hydrogen) atoms. The number of nitrogens with zero attached hydrogens (tertiary/aromatic N) is 2. The molecule has 0 amide bonds. The van der Waals surface area contributed by atoms with Crippen LogP contribution < -0.4 is 4.74 Å². The molecule has 0 atom stereocenters. The van der Waals surface area contributed by atoms with Crippen LogP contribution in [0.4, 0.5) is 5.69 Å². The SMILES string of the molecule is Oc1oc(-c2cccc3ccccc23)nc1C=Nc1ccc(Oc2ccc3ccccc3c2Cl)c(Cl)c1. The molecule has 0 aliphatic heterocycles. The molecule has 0 aliphatic carbocycles. The fraction of sp³-hybridized carbons (Fsp3) is 0. The van der Waals surface area contributed by atoms with Gasteiger partial charge >= 0.3 is 5.95 Å². The lowest BCUT2D eigenvalue weighted by Gasteiger charge is -2.11. The molecule has 7 heteroatoms. The van der Waals surface area contributed by atoms with Crippen molar-refractivity contribution in [1.82, 2.24) is 4.98 Å². The Hall–Kier alpha value is -4.32. The zero-order valence-corrected chi connectivity index (χ0v) is 20.7. The van der Waals surface area contributed by atoms with Gasteiger partial charge in [0.15, 0.2) is 5.69 Å². The summed E-state index contributed by atoms with van der Waals surface area (Å²) in [6.45, 7) is 0. The zero-order chi connectivity index (χ0) is 25.4. The van der Waals surface area contributed by atoms with Gasteiger partial charge in [-0.3, -0.25) is 4.99 Å². The number of benzene rings is 5. The average Bonchev–Trinajstić information content (AvgIpc) is 3.30. The van der Waals surface area contributed by atoms with E-state index in [1.165, 1.54) is 6.21 Å². The molecule has 0 saturated heterocycles. The van der Waals surface area contributed by atoms with Crippen molar-refractivity contribution in [2.45, 2.75) is 0 Å². The average molecular weight is 525 g/mol. The van der Waals surface area contributed by atoms with Crippen LogP contribution in [0.25, 0.3) is 33.0 Å². The smallest absolute Gasteiger partial charge is 0.312 e. The number of hydrogen-bond acceptors (Lipinski definition) is 5. The fourth-order valence-corrected chi connectivity index (χ4v) is 4.62. The maximum absolute atomic E-state index is 10.3. The highest BCUT2D eigenvalue weighted by Gasteiger charge is 2.15.